The molecule has 0 saturated heterocycles. The van der Waals surface area contributed by atoms with Crippen LogP contribution in [0.5, 0.6) is 0 Å². The molecule has 2 fully saturated rings. The van der Waals surface area contributed by atoms with Crippen LogP contribution in [0, 0.1) is 5.92 Å². The van der Waals surface area contributed by atoms with E-state index >= 15 is 0 Å². The SMILES string of the molecule is CCOC1(C(O)C2CCCCC2)CCCCC1. The lowest BCUT2D eigenvalue weighted by Gasteiger charge is -2.44. The molecular formula is C15H28O2. The van der Waals surface area contributed by atoms with Crippen LogP contribution in [-0.4, -0.2) is 23.4 Å². The van der Waals surface area contributed by atoms with Gasteiger partial charge in [0.1, 0.15) is 0 Å². The third kappa shape index (κ3) is 3.03. The van der Waals surface area contributed by atoms with Crippen molar-refractivity contribution in [3.8, 4) is 0 Å². The highest BCUT2D eigenvalue weighted by Crippen LogP contribution is 2.40. The van der Waals surface area contributed by atoms with Gasteiger partial charge in [0.2, 0.25) is 0 Å². The number of ether oxygens (including phenoxy) is 1. The molecule has 1 atom stereocenters. The Balaban J connectivity index is 2.02. The normalized spacial score (nSPS) is 27.9. The second-order valence-electron chi connectivity index (χ2n) is 5.90. The lowest BCUT2D eigenvalue weighted by atomic mass is 9.72. The van der Waals surface area contributed by atoms with Gasteiger partial charge in [-0.05, 0) is 38.5 Å². The van der Waals surface area contributed by atoms with Gasteiger partial charge in [-0.2, -0.15) is 0 Å². The molecule has 0 amide bonds. The molecule has 2 heteroatoms. The molecule has 2 nitrogen and oxygen atoms in total. The number of rotatable bonds is 4. The molecule has 0 aromatic carbocycles. The van der Waals surface area contributed by atoms with Gasteiger partial charge < -0.3 is 9.84 Å². The molecule has 0 bridgehead atoms. The van der Waals surface area contributed by atoms with Gasteiger partial charge in [0, 0.05) is 6.61 Å². The third-order valence-corrected chi connectivity index (χ3v) is 4.77. The van der Waals surface area contributed by atoms with E-state index in [0.717, 1.165) is 19.4 Å². The van der Waals surface area contributed by atoms with Gasteiger partial charge in [-0.15, -0.1) is 0 Å². The molecule has 1 N–H and O–H groups in total. The number of hydrogen-bond donors (Lipinski definition) is 1. The van der Waals surface area contributed by atoms with E-state index in [1.165, 1.54) is 51.4 Å². The molecule has 0 aliphatic heterocycles. The molecule has 0 radical (unpaired) electrons. The van der Waals surface area contributed by atoms with Gasteiger partial charge >= 0.3 is 0 Å². The summed E-state index contributed by atoms with van der Waals surface area (Å²) in [7, 11) is 0. The van der Waals surface area contributed by atoms with E-state index in [1.54, 1.807) is 0 Å². The van der Waals surface area contributed by atoms with E-state index in [1.807, 2.05) is 0 Å². The fourth-order valence-corrected chi connectivity index (χ4v) is 3.84. The molecule has 1 unspecified atom stereocenters. The average Bonchev–Trinajstić information content (AvgIpc) is 2.40. The lowest BCUT2D eigenvalue weighted by molar-refractivity contribution is -0.160. The van der Waals surface area contributed by atoms with Crippen molar-refractivity contribution >= 4 is 0 Å². The Morgan fingerprint density at radius 2 is 1.65 bits per heavy atom. The van der Waals surface area contributed by atoms with Crippen LogP contribution < -0.4 is 0 Å². The van der Waals surface area contributed by atoms with Crippen molar-refractivity contribution in [2.75, 3.05) is 6.61 Å². The molecule has 0 spiro atoms. The summed E-state index contributed by atoms with van der Waals surface area (Å²) in [6.07, 6.45) is 12.0. The van der Waals surface area contributed by atoms with Crippen LogP contribution in [-0.2, 0) is 4.74 Å². The number of aliphatic hydroxyl groups excluding tert-OH is 1. The Hall–Kier alpha value is -0.0800. The lowest BCUT2D eigenvalue weighted by Crippen LogP contribution is -2.50. The summed E-state index contributed by atoms with van der Waals surface area (Å²) in [5.41, 5.74) is -0.199. The maximum absolute atomic E-state index is 10.8. The maximum atomic E-state index is 10.8. The quantitative estimate of drug-likeness (QED) is 0.812. The van der Waals surface area contributed by atoms with Crippen molar-refractivity contribution in [2.45, 2.75) is 82.8 Å². The zero-order chi connectivity index (χ0) is 12.1. The van der Waals surface area contributed by atoms with Crippen molar-refractivity contribution < 1.29 is 9.84 Å². The van der Waals surface area contributed by atoms with Crippen LogP contribution in [0.4, 0.5) is 0 Å². The predicted octanol–water partition coefficient (Wildman–Crippen LogP) is 3.67. The van der Waals surface area contributed by atoms with E-state index < -0.39 is 0 Å². The van der Waals surface area contributed by atoms with Crippen molar-refractivity contribution in [1.82, 2.24) is 0 Å². The summed E-state index contributed by atoms with van der Waals surface area (Å²) in [4.78, 5) is 0. The molecule has 0 aromatic rings. The minimum Gasteiger partial charge on any atom is -0.390 e. The van der Waals surface area contributed by atoms with Gasteiger partial charge in [0.15, 0.2) is 0 Å². The van der Waals surface area contributed by atoms with E-state index in [2.05, 4.69) is 6.92 Å². The minimum atomic E-state index is -0.219. The Morgan fingerprint density at radius 3 is 2.24 bits per heavy atom. The van der Waals surface area contributed by atoms with E-state index in [-0.39, 0.29) is 11.7 Å². The predicted molar refractivity (Wildman–Crippen MR) is 70.0 cm³/mol. The van der Waals surface area contributed by atoms with Crippen LogP contribution in [0.2, 0.25) is 0 Å². The monoisotopic (exact) mass is 240 g/mol. The zero-order valence-corrected chi connectivity index (χ0v) is 11.3. The minimum absolute atomic E-state index is 0.199. The third-order valence-electron chi connectivity index (χ3n) is 4.77. The van der Waals surface area contributed by atoms with E-state index in [0.29, 0.717) is 5.92 Å². The molecule has 2 rings (SSSR count). The second-order valence-corrected chi connectivity index (χ2v) is 5.90. The van der Waals surface area contributed by atoms with E-state index in [4.69, 9.17) is 4.74 Å². The largest absolute Gasteiger partial charge is 0.390 e. The molecule has 2 saturated carbocycles. The highest BCUT2D eigenvalue weighted by Gasteiger charge is 2.43. The van der Waals surface area contributed by atoms with Gasteiger partial charge in [-0.25, -0.2) is 0 Å². The Labute approximate surface area is 106 Å². The summed E-state index contributed by atoms with van der Waals surface area (Å²) in [5.74, 6) is 0.494. The van der Waals surface area contributed by atoms with Crippen LogP contribution in [0.1, 0.15) is 71.1 Å². The number of hydrogen-bond acceptors (Lipinski definition) is 2. The van der Waals surface area contributed by atoms with Crippen LogP contribution >= 0.6 is 0 Å². The molecule has 2 aliphatic rings. The average molecular weight is 240 g/mol. The van der Waals surface area contributed by atoms with Crippen LogP contribution in [0.25, 0.3) is 0 Å². The van der Waals surface area contributed by atoms with Gasteiger partial charge in [-0.3, -0.25) is 0 Å². The fraction of sp³-hybridized carbons (Fsp3) is 1.00. The van der Waals surface area contributed by atoms with Crippen molar-refractivity contribution in [1.29, 1.82) is 0 Å². The summed E-state index contributed by atoms with van der Waals surface area (Å²) in [5, 5.41) is 10.8. The molecule has 100 valence electrons. The first-order valence-corrected chi connectivity index (χ1v) is 7.60. The fourth-order valence-electron chi connectivity index (χ4n) is 3.84. The highest BCUT2D eigenvalue weighted by atomic mass is 16.5. The molecule has 2 aliphatic carbocycles. The summed E-state index contributed by atoms with van der Waals surface area (Å²) < 4.78 is 6.04. The van der Waals surface area contributed by atoms with Crippen LogP contribution in [0.3, 0.4) is 0 Å². The Bertz CT molecular complexity index is 209. The first kappa shape index (κ1) is 13.4. The van der Waals surface area contributed by atoms with Gasteiger partial charge in [-0.1, -0.05) is 38.5 Å². The first-order valence-electron chi connectivity index (χ1n) is 7.60. The molecule has 0 heterocycles. The molecule has 0 aromatic heterocycles. The Morgan fingerprint density at radius 1 is 1.06 bits per heavy atom. The summed E-state index contributed by atoms with van der Waals surface area (Å²) >= 11 is 0. The van der Waals surface area contributed by atoms with Gasteiger partial charge in [0.05, 0.1) is 11.7 Å². The maximum Gasteiger partial charge on any atom is 0.0942 e. The zero-order valence-electron chi connectivity index (χ0n) is 11.3. The standard InChI is InChI=1S/C15H28O2/c1-2-17-15(11-7-4-8-12-15)14(16)13-9-5-3-6-10-13/h13-14,16H,2-12H2,1H3. The van der Waals surface area contributed by atoms with Crippen LogP contribution in [0.15, 0.2) is 0 Å². The topological polar surface area (TPSA) is 29.5 Å². The van der Waals surface area contributed by atoms with Crippen molar-refractivity contribution in [3.05, 3.63) is 0 Å². The summed E-state index contributed by atoms with van der Waals surface area (Å²) in [6.45, 7) is 2.80. The van der Waals surface area contributed by atoms with Crippen molar-refractivity contribution in [3.63, 3.8) is 0 Å². The smallest absolute Gasteiger partial charge is 0.0942 e. The number of aliphatic hydroxyl groups is 1. The molecular weight excluding hydrogens is 212 g/mol. The highest BCUT2D eigenvalue weighted by molar-refractivity contribution is 4.95. The first-order chi connectivity index (χ1) is 8.28. The summed E-state index contributed by atoms with van der Waals surface area (Å²) in [6, 6.07) is 0. The molecule has 17 heavy (non-hydrogen) atoms. The Kier molecular flexibility index (Phi) is 4.87. The van der Waals surface area contributed by atoms with Gasteiger partial charge in [0.25, 0.3) is 0 Å². The van der Waals surface area contributed by atoms with E-state index in [9.17, 15) is 5.11 Å². The van der Waals surface area contributed by atoms with Crippen molar-refractivity contribution in [2.24, 2.45) is 5.92 Å². The second kappa shape index (κ2) is 6.19.